The third-order valence-electron chi connectivity index (χ3n) is 2.63. The van der Waals surface area contributed by atoms with Crippen LogP contribution in [0.3, 0.4) is 0 Å². The smallest absolute Gasteiger partial charge is 0.188 e. The number of hydrogen-bond acceptors (Lipinski definition) is 1. The molecule has 3 N–H and O–H groups in total. The number of rotatable bonds is 8. The molecule has 108 valence electrons. The lowest BCUT2D eigenvalue weighted by atomic mass is 10.0. The third-order valence-corrected chi connectivity index (χ3v) is 2.63. The summed E-state index contributed by atoms with van der Waals surface area (Å²) in [7, 11) is 0. The van der Waals surface area contributed by atoms with E-state index in [2.05, 4.69) is 37.2 Å². The number of hydrogen-bond donors (Lipinski definition) is 2. The first-order chi connectivity index (χ1) is 8.06. The van der Waals surface area contributed by atoms with Gasteiger partial charge < -0.3 is 11.1 Å². The molecule has 0 saturated carbocycles. The highest BCUT2D eigenvalue weighted by Gasteiger charge is 2.03. The van der Waals surface area contributed by atoms with Crippen LogP contribution in [-0.4, -0.2) is 18.5 Å². The SMILES string of the molecule is C/C=C/CCN=C(N)NC(C)CCCC(C)C.I. The van der Waals surface area contributed by atoms with E-state index in [9.17, 15) is 0 Å². The molecule has 0 heterocycles. The van der Waals surface area contributed by atoms with Crippen LogP contribution in [0.5, 0.6) is 0 Å². The van der Waals surface area contributed by atoms with Gasteiger partial charge in [-0.05, 0) is 32.6 Å². The number of halogens is 1. The normalized spacial score (nSPS) is 13.7. The van der Waals surface area contributed by atoms with Gasteiger partial charge >= 0.3 is 0 Å². The van der Waals surface area contributed by atoms with Crippen LogP contribution in [0.15, 0.2) is 17.1 Å². The first-order valence-corrected chi connectivity index (χ1v) is 6.73. The van der Waals surface area contributed by atoms with Gasteiger partial charge in [-0.15, -0.1) is 24.0 Å². The fraction of sp³-hybridized carbons (Fsp3) is 0.786. The Bertz CT molecular complexity index is 237. The zero-order valence-electron chi connectivity index (χ0n) is 12.3. The summed E-state index contributed by atoms with van der Waals surface area (Å²) in [5.41, 5.74) is 5.80. The van der Waals surface area contributed by atoms with Gasteiger partial charge in [0.15, 0.2) is 5.96 Å². The van der Waals surface area contributed by atoms with Crippen molar-refractivity contribution >= 4 is 29.9 Å². The molecule has 0 radical (unpaired) electrons. The van der Waals surface area contributed by atoms with Crippen molar-refractivity contribution in [3.05, 3.63) is 12.2 Å². The molecule has 3 nitrogen and oxygen atoms in total. The van der Waals surface area contributed by atoms with Crippen molar-refractivity contribution in [3.63, 3.8) is 0 Å². The molecule has 1 atom stereocenters. The summed E-state index contributed by atoms with van der Waals surface area (Å²) in [4.78, 5) is 4.28. The van der Waals surface area contributed by atoms with Crippen LogP contribution < -0.4 is 11.1 Å². The predicted octanol–water partition coefficient (Wildman–Crippen LogP) is 3.69. The highest BCUT2D eigenvalue weighted by atomic mass is 127. The zero-order chi connectivity index (χ0) is 13.1. The molecule has 0 spiro atoms. The van der Waals surface area contributed by atoms with E-state index in [0.717, 1.165) is 25.3 Å². The summed E-state index contributed by atoms with van der Waals surface area (Å²) in [6.07, 6.45) is 8.78. The van der Waals surface area contributed by atoms with E-state index in [1.54, 1.807) is 0 Å². The molecule has 0 rings (SSSR count). The number of nitrogens with one attached hydrogen (secondary N) is 1. The molecule has 4 heteroatoms. The molecule has 0 aliphatic carbocycles. The minimum Gasteiger partial charge on any atom is -0.370 e. The third kappa shape index (κ3) is 13.8. The molecule has 0 aromatic carbocycles. The van der Waals surface area contributed by atoms with Gasteiger partial charge in [-0.2, -0.15) is 0 Å². The Hall–Kier alpha value is -0.260. The van der Waals surface area contributed by atoms with Crippen molar-refractivity contribution in [2.75, 3.05) is 6.54 Å². The topological polar surface area (TPSA) is 50.4 Å². The molecule has 1 unspecified atom stereocenters. The number of aliphatic imine (C=N–C) groups is 1. The molecular formula is C14H30IN3. The minimum atomic E-state index is 0. The van der Waals surface area contributed by atoms with E-state index in [0.29, 0.717) is 12.0 Å². The van der Waals surface area contributed by atoms with Crippen molar-refractivity contribution in [2.45, 2.75) is 59.4 Å². The Balaban J connectivity index is 0. The monoisotopic (exact) mass is 367 g/mol. The van der Waals surface area contributed by atoms with Crippen molar-refractivity contribution in [3.8, 4) is 0 Å². The number of nitrogens with zero attached hydrogens (tertiary/aromatic N) is 1. The summed E-state index contributed by atoms with van der Waals surface area (Å²) in [5, 5.41) is 3.23. The second-order valence-corrected chi connectivity index (χ2v) is 4.99. The Morgan fingerprint density at radius 3 is 2.50 bits per heavy atom. The average Bonchev–Trinajstić information content (AvgIpc) is 2.23. The molecule has 0 fully saturated rings. The number of allylic oxidation sites excluding steroid dienone is 1. The summed E-state index contributed by atoms with van der Waals surface area (Å²) in [6, 6.07) is 0.416. The maximum atomic E-state index is 5.80. The highest BCUT2D eigenvalue weighted by Crippen LogP contribution is 2.07. The van der Waals surface area contributed by atoms with Gasteiger partial charge in [-0.1, -0.05) is 38.8 Å². The molecule has 0 amide bonds. The second kappa shape index (κ2) is 13.2. The van der Waals surface area contributed by atoms with E-state index in [1.807, 2.05) is 13.0 Å². The van der Waals surface area contributed by atoms with Gasteiger partial charge in [-0.3, -0.25) is 4.99 Å². The van der Waals surface area contributed by atoms with Gasteiger partial charge in [0, 0.05) is 12.6 Å². The summed E-state index contributed by atoms with van der Waals surface area (Å²) in [5.74, 6) is 1.36. The molecule has 0 saturated heterocycles. The van der Waals surface area contributed by atoms with Crippen LogP contribution in [-0.2, 0) is 0 Å². The Morgan fingerprint density at radius 2 is 1.94 bits per heavy atom. The molecule has 0 aromatic rings. The summed E-state index contributed by atoms with van der Waals surface area (Å²) < 4.78 is 0. The van der Waals surface area contributed by atoms with Crippen molar-refractivity contribution in [1.29, 1.82) is 0 Å². The molecular weight excluding hydrogens is 337 g/mol. The molecule has 0 bridgehead atoms. The Kier molecular flexibility index (Phi) is 14.7. The van der Waals surface area contributed by atoms with E-state index >= 15 is 0 Å². The maximum Gasteiger partial charge on any atom is 0.188 e. The van der Waals surface area contributed by atoms with Gasteiger partial charge in [0.1, 0.15) is 0 Å². The lowest BCUT2D eigenvalue weighted by Gasteiger charge is -2.14. The van der Waals surface area contributed by atoms with Gasteiger partial charge in [-0.25, -0.2) is 0 Å². The van der Waals surface area contributed by atoms with Crippen molar-refractivity contribution in [1.82, 2.24) is 5.32 Å². The van der Waals surface area contributed by atoms with E-state index in [-0.39, 0.29) is 24.0 Å². The van der Waals surface area contributed by atoms with Gasteiger partial charge in [0.2, 0.25) is 0 Å². The van der Waals surface area contributed by atoms with Crippen LogP contribution in [0.4, 0.5) is 0 Å². The standard InChI is InChI=1S/C14H29N3.HI/c1-5-6-7-11-16-14(15)17-13(4)10-8-9-12(2)3;/h5-6,12-13H,7-11H2,1-4H3,(H3,15,16,17);1H/b6-5+;. The quantitative estimate of drug-likeness (QED) is 0.226. The van der Waals surface area contributed by atoms with E-state index in [4.69, 9.17) is 5.73 Å². The van der Waals surface area contributed by atoms with Gasteiger partial charge in [0.25, 0.3) is 0 Å². The Morgan fingerprint density at radius 1 is 1.28 bits per heavy atom. The second-order valence-electron chi connectivity index (χ2n) is 4.99. The van der Waals surface area contributed by atoms with Crippen LogP contribution in [0.1, 0.15) is 53.4 Å². The largest absolute Gasteiger partial charge is 0.370 e. The maximum absolute atomic E-state index is 5.80. The molecule has 0 aliphatic rings. The first kappa shape index (κ1) is 20.1. The fourth-order valence-electron chi connectivity index (χ4n) is 1.63. The minimum absolute atomic E-state index is 0. The fourth-order valence-corrected chi connectivity index (χ4v) is 1.63. The van der Waals surface area contributed by atoms with E-state index < -0.39 is 0 Å². The molecule has 18 heavy (non-hydrogen) atoms. The average molecular weight is 367 g/mol. The number of guanidine groups is 1. The summed E-state index contributed by atoms with van der Waals surface area (Å²) in [6.45, 7) is 9.46. The predicted molar refractivity (Wildman–Crippen MR) is 92.6 cm³/mol. The van der Waals surface area contributed by atoms with E-state index in [1.165, 1.54) is 12.8 Å². The van der Waals surface area contributed by atoms with Crippen LogP contribution in [0.25, 0.3) is 0 Å². The van der Waals surface area contributed by atoms with Crippen molar-refractivity contribution < 1.29 is 0 Å². The zero-order valence-corrected chi connectivity index (χ0v) is 14.6. The number of nitrogens with two attached hydrogens (primary N) is 1. The molecule has 0 aliphatic heterocycles. The lowest BCUT2D eigenvalue weighted by Crippen LogP contribution is -2.38. The summed E-state index contributed by atoms with van der Waals surface area (Å²) >= 11 is 0. The van der Waals surface area contributed by atoms with Crippen LogP contribution in [0, 0.1) is 5.92 Å². The first-order valence-electron chi connectivity index (χ1n) is 6.73. The van der Waals surface area contributed by atoms with Crippen molar-refractivity contribution in [2.24, 2.45) is 16.6 Å². The lowest BCUT2D eigenvalue weighted by molar-refractivity contribution is 0.493. The highest BCUT2D eigenvalue weighted by molar-refractivity contribution is 14.0. The van der Waals surface area contributed by atoms with Crippen LogP contribution >= 0.6 is 24.0 Å². The van der Waals surface area contributed by atoms with Gasteiger partial charge in [0.05, 0.1) is 0 Å². The van der Waals surface area contributed by atoms with Crippen LogP contribution in [0.2, 0.25) is 0 Å². The molecule has 0 aromatic heterocycles. The Labute approximate surface area is 130 Å².